The number of carbonyl (C=O) groups excluding carboxylic acids is 4. The Bertz CT molecular complexity index is 869. The highest BCUT2D eigenvalue weighted by Gasteiger charge is 2.60. The average molecular weight is 507 g/mol. The fraction of sp³-hybridized carbons (Fsp3) is 0.583. The summed E-state index contributed by atoms with van der Waals surface area (Å²) >= 11 is 3.32. The molecule has 0 heterocycles. The fourth-order valence-electron chi connectivity index (χ4n) is 5.16. The van der Waals surface area contributed by atoms with Crippen molar-refractivity contribution in [1.29, 1.82) is 0 Å². The molecule has 0 aromatic heterocycles. The van der Waals surface area contributed by atoms with Crippen molar-refractivity contribution in [3.63, 3.8) is 0 Å². The van der Waals surface area contributed by atoms with Gasteiger partial charge < -0.3 is 15.4 Å². The second-order valence-corrected chi connectivity index (χ2v) is 10.1. The molecule has 1 atom stereocenters. The van der Waals surface area contributed by atoms with Crippen LogP contribution < -0.4 is 10.6 Å². The average Bonchev–Trinajstić information content (AvgIpc) is 2.76. The number of ether oxygens (including phenoxy) is 1. The van der Waals surface area contributed by atoms with E-state index >= 15 is 0 Å². The van der Waals surface area contributed by atoms with E-state index in [0.29, 0.717) is 18.4 Å². The number of nitrogens with one attached hydrogen (secondary N) is 2. The van der Waals surface area contributed by atoms with Crippen molar-refractivity contribution in [2.24, 2.45) is 5.41 Å². The Hall–Kier alpha value is -2.22. The molecule has 2 amide bonds. The molecule has 0 bridgehead atoms. The number of hydrogen-bond acceptors (Lipinski definition) is 5. The first-order valence-corrected chi connectivity index (χ1v) is 12.0. The third-order valence-electron chi connectivity index (χ3n) is 6.70. The fourth-order valence-corrected chi connectivity index (χ4v) is 5.43. The highest BCUT2D eigenvalue weighted by Crippen LogP contribution is 2.57. The molecule has 1 spiro atoms. The third kappa shape index (κ3) is 5.57. The maximum atomic E-state index is 12.6. The van der Waals surface area contributed by atoms with E-state index in [-0.39, 0.29) is 35.9 Å². The summed E-state index contributed by atoms with van der Waals surface area (Å²) in [5.41, 5.74) is -0.356. The van der Waals surface area contributed by atoms with Crippen LogP contribution in [0.4, 0.5) is 0 Å². The van der Waals surface area contributed by atoms with Crippen molar-refractivity contribution < 1.29 is 23.9 Å². The molecule has 2 N–H and O–H groups in total. The number of rotatable bonds is 8. The quantitative estimate of drug-likeness (QED) is 0.413. The van der Waals surface area contributed by atoms with Crippen LogP contribution >= 0.6 is 15.9 Å². The number of amides is 2. The summed E-state index contributed by atoms with van der Waals surface area (Å²) in [5.74, 6) is -1.36. The van der Waals surface area contributed by atoms with Crippen LogP contribution in [0.15, 0.2) is 28.7 Å². The molecule has 1 aromatic rings. The first-order valence-electron chi connectivity index (χ1n) is 11.2. The lowest BCUT2D eigenvalue weighted by molar-refractivity contribution is -0.165. The highest BCUT2D eigenvalue weighted by molar-refractivity contribution is 9.10. The van der Waals surface area contributed by atoms with E-state index in [1.165, 1.54) is 13.5 Å². The maximum Gasteiger partial charge on any atom is 0.331 e. The first-order chi connectivity index (χ1) is 15.2. The lowest BCUT2D eigenvalue weighted by atomic mass is 9.52. The number of carbonyl (C=O) groups is 4. The zero-order valence-corrected chi connectivity index (χ0v) is 20.3. The summed E-state index contributed by atoms with van der Waals surface area (Å²) < 4.78 is 5.84. The largest absolute Gasteiger partial charge is 0.467 e. The molecule has 7 nitrogen and oxygen atoms in total. The molecule has 1 aromatic carbocycles. The maximum absolute atomic E-state index is 12.6. The van der Waals surface area contributed by atoms with Gasteiger partial charge in [0.05, 0.1) is 13.2 Å². The highest BCUT2D eigenvalue weighted by atomic mass is 79.9. The van der Waals surface area contributed by atoms with Gasteiger partial charge >= 0.3 is 5.97 Å². The van der Waals surface area contributed by atoms with Gasteiger partial charge in [-0.3, -0.25) is 14.4 Å². The van der Waals surface area contributed by atoms with Crippen molar-refractivity contribution in [2.75, 3.05) is 7.11 Å². The number of benzene rings is 1. The Morgan fingerprint density at radius 3 is 2.19 bits per heavy atom. The van der Waals surface area contributed by atoms with Gasteiger partial charge in [-0.05, 0) is 50.2 Å². The Morgan fingerprint density at radius 1 is 1.00 bits per heavy atom. The molecule has 174 valence electrons. The molecule has 2 fully saturated rings. The van der Waals surface area contributed by atoms with Gasteiger partial charge in [-0.15, -0.1) is 0 Å². The number of Topliss-reactive ketones (excluding diaryl/α,β-unsaturated/α-hetero) is 1. The van der Waals surface area contributed by atoms with Gasteiger partial charge in [-0.25, -0.2) is 4.79 Å². The lowest BCUT2D eigenvalue weighted by Crippen LogP contribution is -2.67. The van der Waals surface area contributed by atoms with Crippen molar-refractivity contribution in [1.82, 2.24) is 10.6 Å². The predicted octanol–water partition coefficient (Wildman–Crippen LogP) is 3.69. The number of ketones is 1. The van der Waals surface area contributed by atoms with E-state index in [2.05, 4.69) is 26.6 Å². The van der Waals surface area contributed by atoms with Gasteiger partial charge in [0.25, 0.3) is 0 Å². The van der Waals surface area contributed by atoms with Gasteiger partial charge in [0.2, 0.25) is 11.8 Å². The van der Waals surface area contributed by atoms with E-state index < -0.39 is 17.6 Å². The summed E-state index contributed by atoms with van der Waals surface area (Å²) in [6.45, 7) is 1.62. The second kappa shape index (κ2) is 10.1. The molecule has 0 radical (unpaired) electrons. The van der Waals surface area contributed by atoms with E-state index in [0.717, 1.165) is 30.2 Å². The Morgan fingerprint density at radius 2 is 1.59 bits per heavy atom. The Kier molecular flexibility index (Phi) is 7.75. The third-order valence-corrected chi connectivity index (χ3v) is 7.23. The molecular weight excluding hydrogens is 476 g/mol. The molecular formula is C24H31BrN2O5. The SMILES string of the molecule is COC(=O)C1(NC(=O)CCC(=O)NC(C)C(=O)c2ccc(Br)cc2)CC2(CCCCC2)C1. The second-order valence-electron chi connectivity index (χ2n) is 9.20. The molecule has 8 heteroatoms. The number of esters is 1. The van der Waals surface area contributed by atoms with Crippen LogP contribution in [-0.2, 0) is 19.1 Å². The van der Waals surface area contributed by atoms with Crippen LogP contribution in [0.3, 0.4) is 0 Å². The van der Waals surface area contributed by atoms with Crippen molar-refractivity contribution in [3.8, 4) is 0 Å². The van der Waals surface area contributed by atoms with E-state index in [4.69, 9.17) is 4.74 Å². The number of methoxy groups -OCH3 is 1. The van der Waals surface area contributed by atoms with Crippen LogP contribution in [-0.4, -0.2) is 42.3 Å². The smallest absolute Gasteiger partial charge is 0.331 e. The van der Waals surface area contributed by atoms with Crippen molar-refractivity contribution >= 4 is 39.5 Å². The Balaban J connectivity index is 1.48. The Labute approximate surface area is 197 Å². The zero-order valence-electron chi connectivity index (χ0n) is 18.7. The first kappa shape index (κ1) is 24.4. The number of halogens is 1. The van der Waals surface area contributed by atoms with Crippen LogP contribution in [0.5, 0.6) is 0 Å². The lowest BCUT2D eigenvalue weighted by Gasteiger charge is -2.56. The van der Waals surface area contributed by atoms with Gasteiger partial charge in [-0.1, -0.05) is 47.3 Å². The minimum absolute atomic E-state index is 0.0588. The molecule has 2 aliphatic carbocycles. The summed E-state index contributed by atoms with van der Waals surface area (Å²) in [4.78, 5) is 49.7. The van der Waals surface area contributed by atoms with Crippen LogP contribution in [0.2, 0.25) is 0 Å². The topological polar surface area (TPSA) is 102 Å². The molecule has 0 aliphatic heterocycles. The standard InChI is InChI=1S/C24H31BrN2O5/c1-16(21(30)17-6-8-18(25)9-7-17)26-19(28)10-11-20(29)27-24(22(31)32-2)14-23(15-24)12-4-3-5-13-23/h6-9,16H,3-5,10-15H2,1-2H3,(H,26,28)(H,27,29). The van der Waals surface area contributed by atoms with Crippen molar-refractivity contribution in [2.45, 2.75) is 76.3 Å². The van der Waals surface area contributed by atoms with E-state index in [1.807, 2.05) is 0 Å². The monoisotopic (exact) mass is 506 g/mol. The normalized spacial score (nSPS) is 19.3. The molecule has 3 rings (SSSR count). The van der Waals surface area contributed by atoms with Crippen molar-refractivity contribution in [3.05, 3.63) is 34.3 Å². The van der Waals surface area contributed by atoms with Gasteiger partial charge in [0, 0.05) is 22.9 Å². The molecule has 2 aliphatic rings. The minimum Gasteiger partial charge on any atom is -0.467 e. The molecule has 0 saturated heterocycles. The number of hydrogen-bond donors (Lipinski definition) is 2. The summed E-state index contributed by atoms with van der Waals surface area (Å²) in [6, 6.07) is 6.20. The molecule has 1 unspecified atom stereocenters. The van der Waals surface area contributed by atoms with Gasteiger partial charge in [-0.2, -0.15) is 0 Å². The summed E-state index contributed by atoms with van der Waals surface area (Å²) in [6.07, 6.45) is 6.76. The van der Waals surface area contributed by atoms with E-state index in [9.17, 15) is 19.2 Å². The van der Waals surface area contributed by atoms with Crippen LogP contribution in [0, 0.1) is 5.41 Å². The minimum atomic E-state index is -0.982. The predicted molar refractivity (Wildman–Crippen MR) is 123 cm³/mol. The van der Waals surface area contributed by atoms with E-state index in [1.54, 1.807) is 31.2 Å². The van der Waals surface area contributed by atoms with Crippen LogP contribution in [0.1, 0.15) is 75.1 Å². The summed E-state index contributed by atoms with van der Waals surface area (Å²) in [5, 5.41) is 5.50. The van der Waals surface area contributed by atoms with Gasteiger partial charge in [0.15, 0.2) is 5.78 Å². The molecule has 32 heavy (non-hydrogen) atoms. The summed E-state index contributed by atoms with van der Waals surface area (Å²) in [7, 11) is 1.33. The van der Waals surface area contributed by atoms with Gasteiger partial charge in [0.1, 0.15) is 5.54 Å². The van der Waals surface area contributed by atoms with Crippen LogP contribution in [0.25, 0.3) is 0 Å². The zero-order chi connectivity index (χ0) is 23.4. The molecule has 2 saturated carbocycles.